The molecule has 132 valence electrons. The topological polar surface area (TPSA) is 88.1 Å². The van der Waals surface area contributed by atoms with Gasteiger partial charge in [-0.3, -0.25) is 14.5 Å². The number of hydrogen-bond donors (Lipinski definition) is 2. The Morgan fingerprint density at radius 1 is 1.33 bits per heavy atom. The summed E-state index contributed by atoms with van der Waals surface area (Å²) < 4.78 is 10.8. The largest absolute Gasteiger partial charge is 0.490 e. The monoisotopic (exact) mass is 336 g/mol. The van der Waals surface area contributed by atoms with E-state index in [1.807, 2.05) is 6.92 Å². The van der Waals surface area contributed by atoms with Crippen molar-refractivity contribution in [3.8, 4) is 5.75 Å². The predicted octanol–water partition coefficient (Wildman–Crippen LogP) is 0.989. The average Bonchev–Trinajstić information content (AvgIpc) is 2.92. The Morgan fingerprint density at radius 3 is 2.75 bits per heavy atom. The standard InChI is InChI=1S/C17H24N2O5/c1-3-23-8-9-24-15-7-5-4-6-13(15)16(20)18-12-10-14(17(21)22)19(2)11-12/h4-7,12,14H,3,8-11H2,1-2H3,(H,18,20)(H,21,22)/t12-,14-/m1/s1. The van der Waals surface area contributed by atoms with Crippen molar-refractivity contribution >= 4 is 11.9 Å². The number of ether oxygens (including phenoxy) is 2. The van der Waals surface area contributed by atoms with Crippen LogP contribution in [0.2, 0.25) is 0 Å². The highest BCUT2D eigenvalue weighted by Gasteiger charge is 2.35. The van der Waals surface area contributed by atoms with Crippen LogP contribution >= 0.6 is 0 Å². The number of likely N-dealkylation sites (N-methyl/N-ethyl adjacent to an activating group) is 1. The molecule has 1 aromatic rings. The fourth-order valence-corrected chi connectivity index (χ4v) is 2.79. The number of hydrogen-bond acceptors (Lipinski definition) is 5. The molecule has 0 bridgehead atoms. The van der Waals surface area contributed by atoms with Crippen molar-refractivity contribution in [2.75, 3.05) is 33.4 Å². The highest BCUT2D eigenvalue weighted by molar-refractivity contribution is 5.97. The van der Waals surface area contributed by atoms with Crippen LogP contribution in [0.1, 0.15) is 23.7 Å². The molecule has 2 rings (SSSR count). The van der Waals surface area contributed by atoms with Crippen molar-refractivity contribution in [1.82, 2.24) is 10.2 Å². The second-order valence-corrected chi connectivity index (χ2v) is 5.74. The van der Waals surface area contributed by atoms with Gasteiger partial charge in [-0.1, -0.05) is 12.1 Å². The van der Waals surface area contributed by atoms with Crippen molar-refractivity contribution in [1.29, 1.82) is 0 Å². The third-order valence-corrected chi connectivity index (χ3v) is 3.99. The number of aliphatic carboxylic acids is 1. The molecule has 7 heteroatoms. The number of rotatable bonds is 8. The fraction of sp³-hybridized carbons (Fsp3) is 0.529. The van der Waals surface area contributed by atoms with E-state index in [-0.39, 0.29) is 11.9 Å². The van der Waals surface area contributed by atoms with Gasteiger partial charge in [0.05, 0.1) is 12.2 Å². The molecule has 1 fully saturated rings. The lowest BCUT2D eigenvalue weighted by atomic mass is 10.1. The number of nitrogens with zero attached hydrogens (tertiary/aromatic N) is 1. The minimum Gasteiger partial charge on any atom is -0.490 e. The molecule has 2 N–H and O–H groups in total. The van der Waals surface area contributed by atoms with E-state index in [1.165, 1.54) is 0 Å². The first-order valence-electron chi connectivity index (χ1n) is 8.06. The van der Waals surface area contributed by atoms with E-state index in [0.717, 1.165) is 0 Å². The Balaban J connectivity index is 1.96. The molecule has 0 aromatic heterocycles. The van der Waals surface area contributed by atoms with Gasteiger partial charge in [0.2, 0.25) is 0 Å². The molecule has 0 spiro atoms. The summed E-state index contributed by atoms with van der Waals surface area (Å²) >= 11 is 0. The molecule has 24 heavy (non-hydrogen) atoms. The van der Waals surface area contributed by atoms with Crippen LogP contribution in [0.25, 0.3) is 0 Å². The zero-order valence-electron chi connectivity index (χ0n) is 14.0. The summed E-state index contributed by atoms with van der Waals surface area (Å²) in [5.41, 5.74) is 0.440. The first-order valence-corrected chi connectivity index (χ1v) is 8.06. The van der Waals surface area contributed by atoms with Crippen LogP contribution in [-0.4, -0.2) is 67.4 Å². The average molecular weight is 336 g/mol. The van der Waals surface area contributed by atoms with Crippen LogP contribution in [0, 0.1) is 0 Å². The lowest BCUT2D eigenvalue weighted by molar-refractivity contribution is -0.141. The molecule has 2 atom stereocenters. The zero-order chi connectivity index (χ0) is 17.5. The molecule has 1 amide bonds. The van der Waals surface area contributed by atoms with Crippen LogP contribution < -0.4 is 10.1 Å². The summed E-state index contributed by atoms with van der Waals surface area (Å²) in [7, 11) is 1.75. The van der Waals surface area contributed by atoms with E-state index < -0.39 is 12.0 Å². The molecule has 0 aliphatic carbocycles. The molecular formula is C17H24N2O5. The summed E-state index contributed by atoms with van der Waals surface area (Å²) in [5.74, 6) is -0.629. The van der Waals surface area contributed by atoms with E-state index in [1.54, 1.807) is 36.2 Å². The predicted molar refractivity (Wildman–Crippen MR) is 88.4 cm³/mol. The molecule has 1 aliphatic rings. The first-order chi connectivity index (χ1) is 11.5. The molecule has 0 saturated carbocycles. The van der Waals surface area contributed by atoms with E-state index in [4.69, 9.17) is 14.6 Å². The normalized spacial score (nSPS) is 20.8. The summed E-state index contributed by atoms with van der Waals surface area (Å²) in [4.78, 5) is 25.4. The molecule has 0 radical (unpaired) electrons. The Hall–Kier alpha value is -2.12. The number of carbonyl (C=O) groups excluding carboxylic acids is 1. The Kier molecular flexibility index (Phi) is 6.57. The van der Waals surface area contributed by atoms with Gasteiger partial charge in [-0.2, -0.15) is 0 Å². The van der Waals surface area contributed by atoms with E-state index in [2.05, 4.69) is 5.32 Å². The summed E-state index contributed by atoms with van der Waals surface area (Å²) in [6, 6.07) is 6.25. The van der Waals surface area contributed by atoms with Crippen molar-refractivity contribution in [2.45, 2.75) is 25.4 Å². The first kappa shape index (κ1) is 18.2. The Bertz CT molecular complexity index is 578. The SMILES string of the molecule is CCOCCOc1ccccc1C(=O)N[C@@H]1C[C@H](C(=O)O)N(C)C1. The Morgan fingerprint density at radius 2 is 2.08 bits per heavy atom. The highest BCUT2D eigenvalue weighted by atomic mass is 16.5. The lowest BCUT2D eigenvalue weighted by Crippen LogP contribution is -2.36. The quantitative estimate of drug-likeness (QED) is 0.688. The maximum Gasteiger partial charge on any atom is 0.320 e. The number of likely N-dealkylation sites (tertiary alicyclic amines) is 1. The number of carboxylic acids is 1. The van der Waals surface area contributed by atoms with Gasteiger partial charge in [0.1, 0.15) is 18.4 Å². The van der Waals surface area contributed by atoms with Crippen molar-refractivity contribution < 1.29 is 24.2 Å². The maximum absolute atomic E-state index is 12.5. The molecule has 1 heterocycles. The van der Waals surface area contributed by atoms with Gasteiger partial charge in [-0.25, -0.2) is 0 Å². The van der Waals surface area contributed by atoms with Crippen molar-refractivity contribution in [2.24, 2.45) is 0 Å². The molecule has 1 saturated heterocycles. The van der Waals surface area contributed by atoms with Gasteiger partial charge < -0.3 is 19.9 Å². The van der Waals surface area contributed by atoms with E-state index in [9.17, 15) is 9.59 Å². The number of carboxylic acid groups (broad SMARTS) is 1. The number of carbonyl (C=O) groups is 2. The molecule has 7 nitrogen and oxygen atoms in total. The number of benzene rings is 1. The smallest absolute Gasteiger partial charge is 0.320 e. The zero-order valence-corrected chi connectivity index (χ0v) is 14.0. The number of amides is 1. The van der Waals surface area contributed by atoms with Gasteiger partial charge in [-0.15, -0.1) is 0 Å². The minimum absolute atomic E-state index is 0.194. The third-order valence-electron chi connectivity index (χ3n) is 3.99. The van der Waals surface area contributed by atoms with Crippen molar-refractivity contribution in [3.05, 3.63) is 29.8 Å². The maximum atomic E-state index is 12.5. The molecular weight excluding hydrogens is 312 g/mol. The molecule has 0 unspecified atom stereocenters. The lowest BCUT2D eigenvalue weighted by Gasteiger charge is -2.15. The third kappa shape index (κ3) is 4.69. The van der Waals surface area contributed by atoms with Gasteiger partial charge in [0, 0.05) is 19.2 Å². The molecule has 1 aromatic carbocycles. The highest BCUT2D eigenvalue weighted by Crippen LogP contribution is 2.20. The second-order valence-electron chi connectivity index (χ2n) is 5.74. The number of para-hydroxylation sites is 1. The summed E-state index contributed by atoms with van der Waals surface area (Å²) in [5, 5.41) is 12.0. The van der Waals surface area contributed by atoms with Gasteiger partial charge in [0.25, 0.3) is 5.91 Å². The second kappa shape index (κ2) is 8.65. The van der Waals surface area contributed by atoms with Crippen molar-refractivity contribution in [3.63, 3.8) is 0 Å². The van der Waals surface area contributed by atoms with Crippen LogP contribution in [0.3, 0.4) is 0 Å². The summed E-state index contributed by atoms with van der Waals surface area (Å²) in [6.45, 7) is 3.86. The Labute approximate surface area is 141 Å². The van der Waals surface area contributed by atoms with Crippen LogP contribution in [0.4, 0.5) is 0 Å². The minimum atomic E-state index is -0.867. The van der Waals surface area contributed by atoms with E-state index in [0.29, 0.717) is 44.1 Å². The molecule has 1 aliphatic heterocycles. The van der Waals surface area contributed by atoms with Crippen LogP contribution in [-0.2, 0) is 9.53 Å². The van der Waals surface area contributed by atoms with Crippen LogP contribution in [0.15, 0.2) is 24.3 Å². The van der Waals surface area contributed by atoms with Gasteiger partial charge >= 0.3 is 5.97 Å². The van der Waals surface area contributed by atoms with E-state index >= 15 is 0 Å². The fourth-order valence-electron chi connectivity index (χ4n) is 2.79. The summed E-state index contributed by atoms with van der Waals surface area (Å²) in [6.07, 6.45) is 0.394. The number of nitrogens with one attached hydrogen (secondary N) is 1. The van der Waals surface area contributed by atoms with Gasteiger partial charge in [0.15, 0.2) is 0 Å². The van der Waals surface area contributed by atoms with Gasteiger partial charge in [-0.05, 0) is 32.5 Å². The van der Waals surface area contributed by atoms with Crippen LogP contribution in [0.5, 0.6) is 5.75 Å².